The molecule has 19 heavy (non-hydrogen) atoms. The third kappa shape index (κ3) is 12.7. The first-order chi connectivity index (χ1) is 8.85. The van der Waals surface area contributed by atoms with Crippen molar-refractivity contribution in [1.82, 2.24) is 0 Å². The number of carbonyl (C=O) groups excluding carboxylic acids is 2. The SMILES string of the molecule is CCOC(=O)/C=C/C=C/CCCC(=O)OC(C)(C)C. The number of rotatable bonds is 7. The highest BCUT2D eigenvalue weighted by Crippen LogP contribution is 2.09. The lowest BCUT2D eigenvalue weighted by Crippen LogP contribution is -2.23. The molecule has 0 aromatic rings. The number of carbonyl (C=O) groups is 2. The Morgan fingerprint density at radius 1 is 1.16 bits per heavy atom. The van der Waals surface area contributed by atoms with Crippen LogP contribution in [-0.2, 0) is 19.1 Å². The van der Waals surface area contributed by atoms with Gasteiger partial charge in [0.15, 0.2) is 0 Å². The zero-order valence-corrected chi connectivity index (χ0v) is 12.3. The van der Waals surface area contributed by atoms with E-state index in [-0.39, 0.29) is 11.9 Å². The van der Waals surface area contributed by atoms with Crippen molar-refractivity contribution in [2.24, 2.45) is 0 Å². The molecule has 0 aliphatic heterocycles. The van der Waals surface area contributed by atoms with E-state index >= 15 is 0 Å². The Bertz CT molecular complexity index is 335. The Balaban J connectivity index is 3.69. The minimum Gasteiger partial charge on any atom is -0.463 e. The molecule has 0 aliphatic rings. The molecule has 0 N–H and O–H groups in total. The molecule has 0 amide bonds. The zero-order valence-electron chi connectivity index (χ0n) is 12.3. The monoisotopic (exact) mass is 268 g/mol. The summed E-state index contributed by atoms with van der Waals surface area (Å²) < 4.78 is 9.91. The van der Waals surface area contributed by atoms with E-state index in [2.05, 4.69) is 0 Å². The predicted octanol–water partition coefficient (Wildman–Crippen LogP) is 3.17. The van der Waals surface area contributed by atoms with Gasteiger partial charge in [-0.25, -0.2) is 4.79 Å². The number of hydrogen-bond acceptors (Lipinski definition) is 4. The van der Waals surface area contributed by atoms with Crippen molar-refractivity contribution in [3.05, 3.63) is 24.3 Å². The van der Waals surface area contributed by atoms with Crippen LogP contribution in [0.25, 0.3) is 0 Å². The summed E-state index contributed by atoms with van der Waals surface area (Å²) in [5.74, 6) is -0.524. The summed E-state index contributed by atoms with van der Waals surface area (Å²) >= 11 is 0. The van der Waals surface area contributed by atoms with Gasteiger partial charge in [-0.15, -0.1) is 0 Å². The fraction of sp³-hybridized carbons (Fsp3) is 0.600. The van der Waals surface area contributed by atoms with E-state index in [0.717, 1.165) is 12.8 Å². The van der Waals surface area contributed by atoms with Gasteiger partial charge >= 0.3 is 11.9 Å². The van der Waals surface area contributed by atoms with Gasteiger partial charge in [-0.1, -0.05) is 18.2 Å². The summed E-state index contributed by atoms with van der Waals surface area (Å²) in [4.78, 5) is 22.3. The molecule has 4 nitrogen and oxygen atoms in total. The summed E-state index contributed by atoms with van der Waals surface area (Å²) in [6, 6.07) is 0. The maximum absolute atomic E-state index is 11.4. The lowest BCUT2D eigenvalue weighted by Gasteiger charge is -2.19. The summed E-state index contributed by atoms with van der Waals surface area (Å²) in [6.07, 6.45) is 8.58. The molecule has 0 aromatic heterocycles. The summed E-state index contributed by atoms with van der Waals surface area (Å²) in [7, 11) is 0. The molecule has 0 heterocycles. The van der Waals surface area contributed by atoms with E-state index in [9.17, 15) is 9.59 Å². The molecule has 0 aliphatic carbocycles. The number of esters is 2. The molecule has 0 radical (unpaired) electrons. The van der Waals surface area contributed by atoms with Crippen molar-refractivity contribution in [2.75, 3.05) is 6.61 Å². The molecular formula is C15H24O4. The zero-order chi connectivity index (χ0) is 14.7. The van der Waals surface area contributed by atoms with Crippen molar-refractivity contribution >= 4 is 11.9 Å². The van der Waals surface area contributed by atoms with Crippen molar-refractivity contribution in [1.29, 1.82) is 0 Å². The summed E-state index contributed by atoms with van der Waals surface area (Å²) in [5, 5.41) is 0. The van der Waals surface area contributed by atoms with Crippen LogP contribution in [0.5, 0.6) is 0 Å². The van der Waals surface area contributed by atoms with Crippen LogP contribution in [0, 0.1) is 0 Å². The number of ether oxygens (including phenoxy) is 2. The molecule has 0 fully saturated rings. The molecule has 0 bridgehead atoms. The van der Waals surface area contributed by atoms with Gasteiger partial charge in [-0.3, -0.25) is 4.79 Å². The second-order valence-electron chi connectivity index (χ2n) is 5.02. The third-order valence-electron chi connectivity index (χ3n) is 1.94. The van der Waals surface area contributed by atoms with Crippen molar-refractivity contribution < 1.29 is 19.1 Å². The fourth-order valence-corrected chi connectivity index (χ4v) is 1.26. The van der Waals surface area contributed by atoms with Crippen molar-refractivity contribution in [3.8, 4) is 0 Å². The summed E-state index contributed by atoms with van der Waals surface area (Å²) in [6.45, 7) is 7.70. The van der Waals surface area contributed by atoms with E-state index in [1.807, 2.05) is 26.8 Å². The molecule has 0 rings (SSSR count). The normalized spacial score (nSPS) is 12.0. The van der Waals surface area contributed by atoms with Gasteiger partial charge in [0.2, 0.25) is 0 Å². The molecule has 0 spiro atoms. The van der Waals surface area contributed by atoms with Crippen molar-refractivity contribution in [2.45, 2.75) is 52.6 Å². The number of allylic oxidation sites excluding steroid dienone is 3. The lowest BCUT2D eigenvalue weighted by molar-refractivity contribution is -0.154. The van der Waals surface area contributed by atoms with Crippen LogP contribution in [0.1, 0.15) is 47.0 Å². The quantitative estimate of drug-likeness (QED) is 0.308. The maximum atomic E-state index is 11.4. The summed E-state index contributed by atoms with van der Waals surface area (Å²) in [5.41, 5.74) is -0.421. The highest BCUT2D eigenvalue weighted by Gasteiger charge is 2.15. The minimum atomic E-state index is -0.421. The smallest absolute Gasteiger partial charge is 0.330 e. The maximum Gasteiger partial charge on any atom is 0.330 e. The van der Waals surface area contributed by atoms with Gasteiger partial charge in [0.1, 0.15) is 5.60 Å². The molecule has 0 aromatic carbocycles. The highest BCUT2D eigenvalue weighted by molar-refractivity contribution is 5.82. The van der Waals surface area contributed by atoms with Crippen LogP contribution in [0.4, 0.5) is 0 Å². The average molecular weight is 268 g/mol. The Morgan fingerprint density at radius 2 is 1.84 bits per heavy atom. The van der Waals surface area contributed by atoms with Crippen LogP contribution in [0.2, 0.25) is 0 Å². The first-order valence-corrected chi connectivity index (χ1v) is 6.57. The van der Waals surface area contributed by atoms with Crippen LogP contribution < -0.4 is 0 Å². The van der Waals surface area contributed by atoms with E-state index in [0.29, 0.717) is 13.0 Å². The molecule has 4 heteroatoms. The molecule has 0 saturated heterocycles. The minimum absolute atomic E-state index is 0.178. The van der Waals surface area contributed by atoms with Crippen LogP contribution in [0.3, 0.4) is 0 Å². The Morgan fingerprint density at radius 3 is 2.42 bits per heavy atom. The first kappa shape index (κ1) is 17.4. The van der Waals surface area contributed by atoms with Gasteiger partial charge in [0.25, 0.3) is 0 Å². The fourth-order valence-electron chi connectivity index (χ4n) is 1.26. The Labute approximate surface area is 115 Å². The lowest BCUT2D eigenvalue weighted by atomic mass is 10.2. The molecule has 108 valence electrons. The second kappa shape index (κ2) is 9.36. The van der Waals surface area contributed by atoms with Gasteiger partial charge in [0.05, 0.1) is 6.61 Å². The van der Waals surface area contributed by atoms with E-state index < -0.39 is 5.60 Å². The van der Waals surface area contributed by atoms with Gasteiger partial charge in [-0.05, 0) is 40.5 Å². The molecule has 0 atom stereocenters. The van der Waals surface area contributed by atoms with E-state index in [4.69, 9.17) is 9.47 Å². The van der Waals surface area contributed by atoms with Gasteiger partial charge in [-0.2, -0.15) is 0 Å². The largest absolute Gasteiger partial charge is 0.463 e. The second-order valence-corrected chi connectivity index (χ2v) is 5.02. The Kier molecular flexibility index (Phi) is 8.58. The average Bonchev–Trinajstić information content (AvgIpc) is 2.25. The predicted molar refractivity (Wildman–Crippen MR) is 74.6 cm³/mol. The van der Waals surface area contributed by atoms with Gasteiger partial charge in [0, 0.05) is 12.5 Å². The number of hydrogen-bond donors (Lipinski definition) is 0. The first-order valence-electron chi connectivity index (χ1n) is 6.57. The Hall–Kier alpha value is -1.58. The van der Waals surface area contributed by atoms with Crippen molar-refractivity contribution in [3.63, 3.8) is 0 Å². The highest BCUT2D eigenvalue weighted by atomic mass is 16.6. The van der Waals surface area contributed by atoms with Crippen LogP contribution >= 0.6 is 0 Å². The molecular weight excluding hydrogens is 244 g/mol. The number of unbranched alkanes of at least 4 members (excludes halogenated alkanes) is 1. The molecule has 0 unspecified atom stereocenters. The third-order valence-corrected chi connectivity index (χ3v) is 1.94. The van der Waals surface area contributed by atoms with Crippen LogP contribution in [0.15, 0.2) is 24.3 Å². The topological polar surface area (TPSA) is 52.6 Å². The standard InChI is InChI=1S/C15H24O4/c1-5-18-13(16)11-9-7-6-8-10-12-14(17)19-15(2,3)4/h6-7,9,11H,5,8,10,12H2,1-4H3/b7-6+,11-9+. The van der Waals surface area contributed by atoms with Gasteiger partial charge < -0.3 is 9.47 Å². The van der Waals surface area contributed by atoms with Crippen LogP contribution in [-0.4, -0.2) is 24.1 Å². The van der Waals surface area contributed by atoms with E-state index in [1.165, 1.54) is 6.08 Å². The molecule has 0 saturated carbocycles. The van der Waals surface area contributed by atoms with E-state index in [1.54, 1.807) is 19.1 Å².